The third-order valence-corrected chi connectivity index (χ3v) is 5.86. The largest absolute Gasteiger partial charge is 0.295 e. The summed E-state index contributed by atoms with van der Waals surface area (Å²) in [6.07, 6.45) is 7.57. The van der Waals surface area contributed by atoms with Crippen molar-refractivity contribution >= 4 is 11.9 Å². The number of nitrogens with one attached hydrogen (secondary N) is 1. The van der Waals surface area contributed by atoms with Crippen molar-refractivity contribution in [2.45, 2.75) is 80.1 Å². The topological polar surface area (TPSA) is 58.0 Å². The number of allylic oxidation sites excluding steroid dienone is 2. The molecule has 2 aliphatic carbocycles. The fourth-order valence-corrected chi connectivity index (χ4v) is 4.53. The maximum Gasteiger partial charge on any atom is 0.231 e. The standard InChI is InChI=1S/C18H30O.CHNO/c1-13-11-16(2,3)12-14(19)15(13)18(6)10-8-7-9-17(18,4)5;2-1-3/h7-12H2,1-6H3;2H. The van der Waals surface area contributed by atoms with Crippen LogP contribution < -0.4 is 0 Å². The molecule has 2 rings (SSSR count). The molecule has 0 heterocycles. The molecule has 0 aromatic carbocycles. The van der Waals surface area contributed by atoms with Crippen LogP contribution in [0.15, 0.2) is 11.1 Å². The smallest absolute Gasteiger partial charge is 0.231 e. The minimum atomic E-state index is 0.0862. The van der Waals surface area contributed by atoms with E-state index in [1.54, 1.807) is 0 Å². The lowest BCUT2D eigenvalue weighted by molar-refractivity contribution is -0.120. The van der Waals surface area contributed by atoms with Crippen LogP contribution in [0.3, 0.4) is 0 Å². The first kappa shape index (κ1) is 18.8. The van der Waals surface area contributed by atoms with Gasteiger partial charge >= 0.3 is 0 Å². The van der Waals surface area contributed by atoms with Gasteiger partial charge < -0.3 is 0 Å². The summed E-state index contributed by atoms with van der Waals surface area (Å²) < 4.78 is 0. The molecule has 0 aromatic heterocycles. The predicted molar refractivity (Wildman–Crippen MR) is 89.5 cm³/mol. The van der Waals surface area contributed by atoms with E-state index in [1.807, 2.05) is 0 Å². The Morgan fingerprint density at radius 3 is 1.95 bits per heavy atom. The number of rotatable bonds is 1. The maximum absolute atomic E-state index is 12.8. The van der Waals surface area contributed by atoms with Crippen molar-refractivity contribution < 1.29 is 9.59 Å². The Hall–Kier alpha value is -1.21. The Morgan fingerprint density at radius 1 is 1.00 bits per heavy atom. The molecule has 3 heteroatoms. The molecule has 1 atom stereocenters. The molecule has 1 fully saturated rings. The predicted octanol–water partition coefficient (Wildman–Crippen LogP) is 5.20. The highest BCUT2D eigenvalue weighted by atomic mass is 16.1. The van der Waals surface area contributed by atoms with E-state index < -0.39 is 0 Å². The fraction of sp³-hybridized carbons (Fsp3) is 0.789. The zero-order chi connectivity index (χ0) is 17.2. The van der Waals surface area contributed by atoms with Gasteiger partial charge in [-0.3, -0.25) is 4.79 Å². The summed E-state index contributed by atoms with van der Waals surface area (Å²) in [6, 6.07) is 0. The summed E-state index contributed by atoms with van der Waals surface area (Å²) >= 11 is 0. The molecule has 1 N–H and O–H groups in total. The average molecular weight is 305 g/mol. The van der Waals surface area contributed by atoms with E-state index in [0.29, 0.717) is 5.78 Å². The summed E-state index contributed by atoms with van der Waals surface area (Å²) in [7, 11) is 0. The van der Waals surface area contributed by atoms with Crippen LogP contribution in [0.2, 0.25) is 0 Å². The van der Waals surface area contributed by atoms with Crippen LogP contribution in [-0.4, -0.2) is 11.9 Å². The highest BCUT2D eigenvalue weighted by Gasteiger charge is 2.49. The quantitative estimate of drug-likeness (QED) is 0.534. The molecule has 0 saturated heterocycles. The molecule has 0 bridgehead atoms. The fourth-order valence-electron chi connectivity index (χ4n) is 4.53. The van der Waals surface area contributed by atoms with Crippen LogP contribution in [0.4, 0.5) is 0 Å². The van der Waals surface area contributed by atoms with Crippen molar-refractivity contribution in [3.63, 3.8) is 0 Å². The first-order valence-corrected chi connectivity index (χ1v) is 8.28. The zero-order valence-corrected chi connectivity index (χ0v) is 15.1. The van der Waals surface area contributed by atoms with E-state index in [4.69, 9.17) is 10.2 Å². The lowest BCUT2D eigenvalue weighted by atomic mass is 9.52. The summed E-state index contributed by atoms with van der Waals surface area (Å²) in [6.45, 7) is 13.7. The normalized spacial score (nSPS) is 30.2. The van der Waals surface area contributed by atoms with Crippen molar-refractivity contribution in [2.24, 2.45) is 16.2 Å². The molecule has 0 aliphatic heterocycles. The van der Waals surface area contributed by atoms with Crippen molar-refractivity contribution in [3.8, 4) is 0 Å². The minimum absolute atomic E-state index is 0.0862. The van der Waals surface area contributed by atoms with Gasteiger partial charge in [-0.25, -0.2) is 10.2 Å². The van der Waals surface area contributed by atoms with E-state index in [1.165, 1.54) is 36.8 Å². The first-order valence-electron chi connectivity index (χ1n) is 8.28. The second-order valence-electron chi connectivity index (χ2n) is 8.62. The van der Waals surface area contributed by atoms with E-state index in [-0.39, 0.29) is 16.2 Å². The van der Waals surface area contributed by atoms with E-state index >= 15 is 0 Å². The minimum Gasteiger partial charge on any atom is -0.295 e. The number of ketones is 1. The van der Waals surface area contributed by atoms with Crippen LogP contribution in [0.25, 0.3) is 0 Å². The van der Waals surface area contributed by atoms with Crippen LogP contribution in [0, 0.1) is 21.7 Å². The van der Waals surface area contributed by atoms with Crippen LogP contribution in [0.1, 0.15) is 80.1 Å². The van der Waals surface area contributed by atoms with Gasteiger partial charge in [0.1, 0.15) is 0 Å². The Bertz CT molecular complexity index is 508. The summed E-state index contributed by atoms with van der Waals surface area (Å²) in [5.41, 5.74) is 3.04. The molecule has 3 nitrogen and oxygen atoms in total. The first-order chi connectivity index (χ1) is 10.0. The van der Waals surface area contributed by atoms with Crippen molar-refractivity contribution in [1.29, 1.82) is 5.41 Å². The highest BCUT2D eigenvalue weighted by molar-refractivity contribution is 5.98. The van der Waals surface area contributed by atoms with Crippen molar-refractivity contribution in [2.75, 3.05) is 0 Å². The second-order valence-corrected chi connectivity index (χ2v) is 8.62. The Labute approximate surface area is 135 Å². The SMILES string of the molecule is CC1=C(C2(C)CCCCC2(C)C)C(=O)CC(C)(C)C1.N=C=O. The highest BCUT2D eigenvalue weighted by Crippen LogP contribution is 2.57. The number of Topliss-reactive ketones (excluding diaryl/α,β-unsaturated/α-hetero) is 1. The molecular formula is C19H31NO2. The average Bonchev–Trinajstić information content (AvgIpc) is 2.31. The molecule has 0 amide bonds. The number of hydrogen-bond acceptors (Lipinski definition) is 3. The summed E-state index contributed by atoms with van der Waals surface area (Å²) in [4.78, 5) is 21.1. The monoisotopic (exact) mass is 305 g/mol. The van der Waals surface area contributed by atoms with Gasteiger partial charge in [-0.15, -0.1) is 0 Å². The maximum atomic E-state index is 12.8. The number of carbonyl (C=O) groups is 1. The van der Waals surface area contributed by atoms with E-state index in [9.17, 15) is 4.79 Å². The molecule has 124 valence electrons. The molecule has 0 radical (unpaired) electrons. The van der Waals surface area contributed by atoms with Gasteiger partial charge in [0.2, 0.25) is 6.08 Å². The van der Waals surface area contributed by atoms with Crippen LogP contribution in [0.5, 0.6) is 0 Å². The number of carbonyl (C=O) groups excluding carboxylic acids is 2. The summed E-state index contributed by atoms with van der Waals surface area (Å²) in [5.74, 6) is 0.422. The van der Waals surface area contributed by atoms with E-state index in [2.05, 4.69) is 41.5 Å². The molecule has 0 aromatic rings. The Kier molecular flexibility index (Phi) is 5.56. The number of isocyanates is 1. The molecular weight excluding hydrogens is 274 g/mol. The van der Waals surface area contributed by atoms with Gasteiger partial charge in [0.15, 0.2) is 5.78 Å². The molecule has 22 heavy (non-hydrogen) atoms. The molecule has 1 saturated carbocycles. The lowest BCUT2D eigenvalue weighted by Crippen LogP contribution is -2.44. The van der Waals surface area contributed by atoms with Crippen molar-refractivity contribution in [1.82, 2.24) is 0 Å². The van der Waals surface area contributed by atoms with Crippen LogP contribution in [-0.2, 0) is 9.59 Å². The van der Waals surface area contributed by atoms with Gasteiger partial charge in [0.05, 0.1) is 0 Å². The van der Waals surface area contributed by atoms with Gasteiger partial charge in [-0.1, -0.05) is 53.0 Å². The molecule has 1 unspecified atom stereocenters. The third-order valence-electron chi connectivity index (χ3n) is 5.86. The second kappa shape index (κ2) is 6.50. The Balaban J connectivity index is 0.000000745. The number of hydrogen-bond donors (Lipinski definition) is 1. The van der Waals surface area contributed by atoms with Gasteiger partial charge in [-0.05, 0) is 37.0 Å². The van der Waals surface area contributed by atoms with Crippen molar-refractivity contribution in [3.05, 3.63) is 11.1 Å². The summed E-state index contributed by atoms with van der Waals surface area (Å²) in [5, 5.41) is 5.40. The van der Waals surface area contributed by atoms with Gasteiger partial charge in [0.25, 0.3) is 0 Å². The zero-order valence-electron chi connectivity index (χ0n) is 15.1. The van der Waals surface area contributed by atoms with Crippen LogP contribution >= 0.6 is 0 Å². The van der Waals surface area contributed by atoms with Gasteiger partial charge in [0, 0.05) is 17.4 Å². The molecule has 0 spiro atoms. The lowest BCUT2D eigenvalue weighted by Gasteiger charge is -2.51. The van der Waals surface area contributed by atoms with Gasteiger partial charge in [-0.2, -0.15) is 0 Å². The Morgan fingerprint density at radius 2 is 1.50 bits per heavy atom. The molecule has 2 aliphatic rings. The van der Waals surface area contributed by atoms with E-state index in [0.717, 1.165) is 18.9 Å². The third kappa shape index (κ3) is 3.57.